The summed E-state index contributed by atoms with van der Waals surface area (Å²) in [7, 11) is -5.16. The number of hydrogen-bond donors (Lipinski definition) is 3. The Morgan fingerprint density at radius 2 is 1.85 bits per heavy atom. The average molecular weight is 576 g/mol. The van der Waals surface area contributed by atoms with Gasteiger partial charge in [0.2, 0.25) is 0 Å². The van der Waals surface area contributed by atoms with Crippen molar-refractivity contribution in [3.8, 4) is 0 Å². The van der Waals surface area contributed by atoms with Crippen molar-refractivity contribution in [1.82, 2.24) is 19.5 Å². The van der Waals surface area contributed by atoms with Crippen LogP contribution in [0.4, 0.5) is 29.1 Å². The van der Waals surface area contributed by atoms with Crippen molar-refractivity contribution in [1.29, 1.82) is 0 Å². The molecule has 0 radical (unpaired) electrons. The quantitative estimate of drug-likeness (QED) is 0.0602. The van der Waals surface area contributed by atoms with Gasteiger partial charge in [0, 0.05) is 16.9 Å². The highest BCUT2D eigenvalue weighted by Gasteiger charge is 2.45. The van der Waals surface area contributed by atoms with Crippen molar-refractivity contribution in [3.63, 3.8) is 0 Å². The lowest BCUT2D eigenvalue weighted by atomic mass is 10.1. The standard InChI is InChI=1S/C18H15F4N9O7S/c19-8-5(9(20)11(22)12(10(8)21)28-30-24)1-7(32)29-39(35,36)37-2-6-14(33)15(34)18(38-6)31-4-27-13-16(23)25-3-26-17(13)31/h3-4,6,14-15,18,33-34H,1-2H2,(H,29,32)(H2,23,25,26)/p-1/t6?,14-,15-,18?/m1/s1. The van der Waals surface area contributed by atoms with E-state index in [1.54, 1.807) is 0 Å². The smallest absolute Gasteiger partial charge is 0.380 e. The van der Waals surface area contributed by atoms with Crippen molar-refractivity contribution in [3.05, 3.63) is 51.9 Å². The second-order valence-corrected chi connectivity index (χ2v) is 9.05. The Balaban J connectivity index is 1.47. The molecule has 1 fully saturated rings. The van der Waals surface area contributed by atoms with Crippen LogP contribution in [0.5, 0.6) is 0 Å². The number of nitrogens with zero attached hydrogens (tertiary/aromatic N) is 8. The van der Waals surface area contributed by atoms with Gasteiger partial charge in [-0.2, -0.15) is 12.8 Å². The van der Waals surface area contributed by atoms with Gasteiger partial charge in [-0.05, 0) is 11.4 Å². The van der Waals surface area contributed by atoms with Crippen molar-refractivity contribution in [2.24, 2.45) is 9.51 Å². The topological polar surface area (TPSA) is 247 Å². The van der Waals surface area contributed by atoms with Crippen molar-refractivity contribution in [2.45, 2.75) is 31.0 Å². The molecule has 0 bridgehead atoms. The second kappa shape index (κ2) is 10.6. The number of anilines is 1. The lowest BCUT2D eigenvalue weighted by molar-refractivity contribution is -0.217. The Hall–Kier alpha value is -4.14. The number of aliphatic hydroxyl groups excluding tert-OH is 2. The van der Waals surface area contributed by atoms with Gasteiger partial charge >= 0.3 is 10.3 Å². The summed E-state index contributed by atoms with van der Waals surface area (Å²) in [4.78, 5) is 13.7. The first-order chi connectivity index (χ1) is 18.4. The van der Waals surface area contributed by atoms with Crippen LogP contribution in [0.15, 0.2) is 22.2 Å². The van der Waals surface area contributed by atoms with Crippen molar-refractivity contribution < 1.29 is 50.2 Å². The summed E-state index contributed by atoms with van der Waals surface area (Å²) >= 11 is 0. The van der Waals surface area contributed by atoms with Crippen LogP contribution >= 0.6 is 0 Å². The van der Waals surface area contributed by atoms with Crippen molar-refractivity contribution >= 4 is 38.9 Å². The molecule has 0 saturated carbocycles. The van der Waals surface area contributed by atoms with E-state index in [2.05, 4.69) is 28.6 Å². The second-order valence-electron chi connectivity index (χ2n) is 7.78. The molecule has 3 heterocycles. The molecule has 1 aliphatic heterocycles. The largest absolute Gasteiger partial charge is 0.861 e. The number of aromatic nitrogens is 4. The number of aliphatic hydroxyl groups is 2. The number of rotatable bonds is 8. The van der Waals surface area contributed by atoms with E-state index in [0.29, 0.717) is 0 Å². The predicted octanol–water partition coefficient (Wildman–Crippen LogP) is -0.211. The predicted molar refractivity (Wildman–Crippen MR) is 117 cm³/mol. The maximum absolute atomic E-state index is 14.1. The maximum atomic E-state index is 14.1. The SMILES string of the molecule is [N-]=[N+]=Nc1c(F)c(F)c(C/C([O-])=N/S(=O)(=O)OCC2OC(n3cnc4c(N)ncnc43)[C@H](O)[C@@H]2O)c(F)c1F. The Labute approximate surface area is 213 Å². The number of benzene rings is 1. The summed E-state index contributed by atoms with van der Waals surface area (Å²) in [6.07, 6.45) is -5.49. The molecule has 1 saturated heterocycles. The van der Waals surface area contributed by atoms with Crippen LogP contribution in [0.3, 0.4) is 0 Å². The number of ether oxygens (including phenoxy) is 1. The van der Waals surface area contributed by atoms with E-state index >= 15 is 0 Å². The number of azide groups is 1. The Bertz CT molecular complexity index is 1600. The Morgan fingerprint density at radius 1 is 1.18 bits per heavy atom. The molecule has 208 valence electrons. The van der Waals surface area contributed by atoms with E-state index in [-0.39, 0.29) is 17.0 Å². The summed E-state index contributed by atoms with van der Waals surface area (Å²) in [6.45, 7) is -0.996. The number of halogens is 4. The third kappa shape index (κ3) is 5.26. The van der Waals surface area contributed by atoms with Crippen LogP contribution in [0.2, 0.25) is 0 Å². The van der Waals surface area contributed by atoms with Gasteiger partial charge in [-0.3, -0.25) is 4.57 Å². The van der Waals surface area contributed by atoms with Gasteiger partial charge in [0.25, 0.3) is 0 Å². The molecule has 4 rings (SSSR count). The third-order valence-corrected chi connectivity index (χ3v) is 6.26. The van der Waals surface area contributed by atoms with Gasteiger partial charge in [-0.15, -0.1) is 0 Å². The Kier molecular flexibility index (Phi) is 7.54. The minimum atomic E-state index is -5.16. The summed E-state index contributed by atoms with van der Waals surface area (Å²) < 4.78 is 93.9. The zero-order valence-corrected chi connectivity index (χ0v) is 19.7. The maximum Gasteiger partial charge on any atom is 0.380 e. The van der Waals surface area contributed by atoms with E-state index < -0.39 is 88.3 Å². The van der Waals surface area contributed by atoms with Gasteiger partial charge in [0.05, 0.1) is 12.9 Å². The first kappa shape index (κ1) is 27.9. The molecule has 21 heteroatoms. The molecule has 4 N–H and O–H groups in total. The zero-order valence-electron chi connectivity index (χ0n) is 18.9. The average Bonchev–Trinajstić information content (AvgIpc) is 3.43. The molecule has 4 atom stereocenters. The molecule has 1 aromatic carbocycles. The molecule has 2 unspecified atom stereocenters. The summed E-state index contributed by atoms with van der Waals surface area (Å²) in [5, 5.41) is 35.1. The lowest BCUT2D eigenvalue weighted by Gasteiger charge is -2.16. The van der Waals surface area contributed by atoms with Crippen LogP contribution in [-0.4, -0.2) is 69.0 Å². The van der Waals surface area contributed by atoms with Gasteiger partial charge in [-0.25, -0.2) is 36.7 Å². The number of hydrogen-bond acceptors (Lipinski definition) is 12. The molecule has 0 aliphatic carbocycles. The molecule has 16 nitrogen and oxygen atoms in total. The van der Waals surface area contributed by atoms with Crippen LogP contribution in [0.25, 0.3) is 21.6 Å². The fraction of sp³-hybridized carbons (Fsp3) is 0.333. The van der Waals surface area contributed by atoms with Gasteiger partial charge in [0.15, 0.2) is 41.0 Å². The summed E-state index contributed by atoms with van der Waals surface area (Å²) in [6, 6.07) is 0. The number of imidazole rings is 1. The molecule has 0 amide bonds. The van der Waals surface area contributed by atoms with Crippen LogP contribution < -0.4 is 10.8 Å². The van der Waals surface area contributed by atoms with E-state index in [4.69, 9.17) is 16.0 Å². The number of nitrogen functional groups attached to an aromatic ring is 1. The fourth-order valence-electron chi connectivity index (χ4n) is 3.59. The first-order valence-corrected chi connectivity index (χ1v) is 11.7. The minimum Gasteiger partial charge on any atom is -0.861 e. The van der Waals surface area contributed by atoms with Crippen molar-refractivity contribution in [2.75, 3.05) is 12.3 Å². The van der Waals surface area contributed by atoms with Gasteiger partial charge in [-0.1, -0.05) is 5.11 Å². The van der Waals surface area contributed by atoms with E-state index in [1.807, 2.05) is 4.91 Å². The van der Waals surface area contributed by atoms with E-state index in [0.717, 1.165) is 6.33 Å². The lowest BCUT2D eigenvalue weighted by Crippen LogP contribution is -2.34. The third-order valence-electron chi connectivity index (χ3n) is 5.40. The fourth-order valence-corrected chi connectivity index (χ4v) is 4.27. The molecule has 1 aliphatic rings. The monoisotopic (exact) mass is 576 g/mol. The highest BCUT2D eigenvalue weighted by atomic mass is 32.2. The van der Waals surface area contributed by atoms with Gasteiger partial charge in [0.1, 0.15) is 35.8 Å². The van der Waals surface area contributed by atoms with E-state index in [9.17, 15) is 41.3 Å². The van der Waals surface area contributed by atoms with Crippen LogP contribution in [0, 0.1) is 23.3 Å². The normalized spacial score (nSPS) is 21.8. The van der Waals surface area contributed by atoms with Crippen LogP contribution in [0.1, 0.15) is 11.8 Å². The highest BCUT2D eigenvalue weighted by molar-refractivity contribution is 7.85. The zero-order chi connectivity index (χ0) is 28.6. The molecular formula is C18H14F4N9O7S-. The number of fused-ring (bicyclic) bond motifs is 1. The summed E-state index contributed by atoms with van der Waals surface area (Å²) in [5.74, 6) is -10.2. The van der Waals surface area contributed by atoms with Gasteiger partial charge < -0.3 is 25.8 Å². The molecule has 2 aromatic heterocycles. The number of nitrogens with two attached hydrogens (primary N) is 1. The molecule has 3 aromatic rings. The van der Waals surface area contributed by atoms with E-state index in [1.165, 1.54) is 10.9 Å². The minimum absolute atomic E-state index is 0.0147. The Morgan fingerprint density at radius 3 is 2.49 bits per heavy atom. The molecule has 0 spiro atoms. The highest BCUT2D eigenvalue weighted by Crippen LogP contribution is 2.33. The first-order valence-electron chi connectivity index (χ1n) is 10.4. The van der Waals surface area contributed by atoms with Crippen LogP contribution in [-0.2, 0) is 25.6 Å². The molecular weight excluding hydrogens is 562 g/mol. The summed E-state index contributed by atoms with van der Waals surface area (Å²) in [5.41, 5.74) is 11.1. The molecule has 39 heavy (non-hydrogen) atoms.